The van der Waals surface area contributed by atoms with Crippen molar-refractivity contribution in [1.29, 1.82) is 0 Å². The topological polar surface area (TPSA) is 53.6 Å². The summed E-state index contributed by atoms with van der Waals surface area (Å²) in [6, 6.07) is 7.19. The second kappa shape index (κ2) is 8.36. The van der Waals surface area contributed by atoms with Crippen LogP contribution in [-0.4, -0.2) is 49.8 Å². The molecule has 1 fully saturated rings. The summed E-state index contributed by atoms with van der Waals surface area (Å²) in [5, 5.41) is 6.42. The van der Waals surface area contributed by atoms with Crippen LogP contribution in [0, 0.1) is 5.92 Å². The number of anilines is 1. The molecular weight excluding hydrogens is 302 g/mol. The Labute approximate surface area is 137 Å². The largest absolute Gasteiger partial charge is 0.379 e. The maximum Gasteiger partial charge on any atom is 0.319 e. The van der Waals surface area contributed by atoms with Crippen molar-refractivity contribution in [3.05, 3.63) is 29.3 Å². The summed E-state index contributed by atoms with van der Waals surface area (Å²) in [6.45, 7) is 8.35. The first-order valence-corrected chi connectivity index (χ1v) is 8.06. The van der Waals surface area contributed by atoms with E-state index in [4.69, 9.17) is 16.3 Å². The fourth-order valence-corrected chi connectivity index (χ4v) is 2.73. The van der Waals surface area contributed by atoms with E-state index in [9.17, 15) is 4.79 Å². The van der Waals surface area contributed by atoms with E-state index in [-0.39, 0.29) is 6.03 Å². The first-order chi connectivity index (χ1) is 10.6. The predicted octanol–water partition coefficient (Wildman–Crippen LogP) is 2.82. The SMILES string of the molecule is CC(C)C(CNC(=O)Nc1ccc(Cl)cc1)N1CCOCC1. The number of halogens is 1. The lowest BCUT2D eigenvalue weighted by molar-refractivity contribution is 0.00728. The van der Waals surface area contributed by atoms with Gasteiger partial charge in [-0.1, -0.05) is 25.4 Å². The third-order valence-corrected chi connectivity index (χ3v) is 4.11. The molecule has 0 spiro atoms. The van der Waals surface area contributed by atoms with Crippen molar-refractivity contribution >= 4 is 23.3 Å². The fourth-order valence-electron chi connectivity index (χ4n) is 2.60. The van der Waals surface area contributed by atoms with Crippen LogP contribution < -0.4 is 10.6 Å². The molecule has 0 bridgehead atoms. The molecule has 122 valence electrons. The van der Waals surface area contributed by atoms with Gasteiger partial charge in [0, 0.05) is 36.4 Å². The number of carbonyl (C=O) groups is 1. The summed E-state index contributed by atoms with van der Waals surface area (Å²) in [5.41, 5.74) is 0.731. The van der Waals surface area contributed by atoms with Gasteiger partial charge >= 0.3 is 6.03 Å². The van der Waals surface area contributed by atoms with Crippen molar-refractivity contribution in [2.24, 2.45) is 5.92 Å². The molecule has 0 saturated carbocycles. The van der Waals surface area contributed by atoms with Crippen LogP contribution in [0.2, 0.25) is 5.02 Å². The number of morpholine rings is 1. The lowest BCUT2D eigenvalue weighted by atomic mass is 10.0. The fraction of sp³-hybridized carbons (Fsp3) is 0.562. The van der Waals surface area contributed by atoms with Gasteiger partial charge < -0.3 is 15.4 Å². The van der Waals surface area contributed by atoms with Crippen LogP contribution in [0.15, 0.2) is 24.3 Å². The van der Waals surface area contributed by atoms with Crippen LogP contribution in [0.25, 0.3) is 0 Å². The first-order valence-electron chi connectivity index (χ1n) is 7.68. The molecule has 1 aromatic carbocycles. The van der Waals surface area contributed by atoms with Crippen LogP contribution in [0.5, 0.6) is 0 Å². The Hall–Kier alpha value is -1.30. The minimum absolute atomic E-state index is 0.193. The Balaban J connectivity index is 1.83. The van der Waals surface area contributed by atoms with E-state index in [1.54, 1.807) is 24.3 Å². The molecule has 1 heterocycles. The van der Waals surface area contributed by atoms with Crippen LogP contribution >= 0.6 is 11.6 Å². The van der Waals surface area contributed by atoms with Crippen LogP contribution in [-0.2, 0) is 4.74 Å². The normalized spacial score (nSPS) is 17.3. The van der Waals surface area contributed by atoms with Gasteiger partial charge in [0.05, 0.1) is 13.2 Å². The number of rotatable bonds is 5. The zero-order valence-corrected chi connectivity index (χ0v) is 13.9. The molecule has 22 heavy (non-hydrogen) atoms. The average Bonchev–Trinajstić information content (AvgIpc) is 2.50. The van der Waals surface area contributed by atoms with E-state index in [1.807, 2.05) is 0 Å². The molecule has 1 aromatic rings. The summed E-state index contributed by atoms with van der Waals surface area (Å²) < 4.78 is 5.39. The van der Waals surface area contributed by atoms with Crippen molar-refractivity contribution in [3.8, 4) is 0 Å². The summed E-state index contributed by atoms with van der Waals surface area (Å²) in [6.07, 6.45) is 0. The van der Waals surface area contributed by atoms with Crippen molar-refractivity contribution in [2.45, 2.75) is 19.9 Å². The predicted molar refractivity (Wildman–Crippen MR) is 89.5 cm³/mol. The second-order valence-corrected chi connectivity index (χ2v) is 6.24. The van der Waals surface area contributed by atoms with Crippen LogP contribution in [0.4, 0.5) is 10.5 Å². The number of urea groups is 1. The highest BCUT2D eigenvalue weighted by Crippen LogP contribution is 2.14. The Kier molecular flexibility index (Phi) is 6.49. The molecule has 2 amide bonds. The maximum absolute atomic E-state index is 12.0. The number of amides is 2. The van der Waals surface area contributed by atoms with Crippen molar-refractivity contribution in [1.82, 2.24) is 10.2 Å². The highest BCUT2D eigenvalue weighted by atomic mass is 35.5. The lowest BCUT2D eigenvalue weighted by Crippen LogP contribution is -2.51. The van der Waals surface area contributed by atoms with Gasteiger partial charge in [-0.2, -0.15) is 0 Å². The van der Waals surface area contributed by atoms with Gasteiger partial charge in [-0.15, -0.1) is 0 Å². The summed E-state index contributed by atoms with van der Waals surface area (Å²) in [4.78, 5) is 14.4. The number of carbonyl (C=O) groups excluding carboxylic acids is 1. The van der Waals surface area contributed by atoms with Crippen LogP contribution in [0.1, 0.15) is 13.8 Å². The average molecular weight is 326 g/mol. The van der Waals surface area contributed by atoms with Gasteiger partial charge in [0.15, 0.2) is 0 Å². The molecule has 2 rings (SSSR count). The van der Waals surface area contributed by atoms with E-state index in [0.717, 1.165) is 32.0 Å². The van der Waals surface area contributed by atoms with Crippen molar-refractivity contribution < 1.29 is 9.53 Å². The van der Waals surface area contributed by atoms with Crippen molar-refractivity contribution in [2.75, 3.05) is 38.2 Å². The number of nitrogens with zero attached hydrogens (tertiary/aromatic N) is 1. The Bertz CT molecular complexity index is 473. The molecule has 0 aliphatic carbocycles. The standard InChI is InChI=1S/C16H24ClN3O2/c1-12(2)15(20-7-9-22-10-8-20)11-18-16(21)19-14-5-3-13(17)4-6-14/h3-6,12,15H,7-11H2,1-2H3,(H2,18,19,21). The summed E-state index contributed by atoms with van der Waals surface area (Å²) in [5.74, 6) is 0.467. The van der Waals surface area contributed by atoms with Gasteiger partial charge in [0.25, 0.3) is 0 Å². The second-order valence-electron chi connectivity index (χ2n) is 5.80. The van der Waals surface area contributed by atoms with E-state index in [0.29, 0.717) is 23.5 Å². The number of hydrogen-bond donors (Lipinski definition) is 2. The van der Waals surface area contributed by atoms with Crippen molar-refractivity contribution in [3.63, 3.8) is 0 Å². The summed E-state index contributed by atoms with van der Waals surface area (Å²) in [7, 11) is 0. The van der Waals surface area contributed by atoms with E-state index >= 15 is 0 Å². The van der Waals surface area contributed by atoms with Gasteiger partial charge in [0.2, 0.25) is 0 Å². The number of benzene rings is 1. The van der Waals surface area contributed by atoms with Crippen LogP contribution in [0.3, 0.4) is 0 Å². The first kappa shape index (κ1) is 17.1. The zero-order valence-electron chi connectivity index (χ0n) is 13.1. The third kappa shape index (κ3) is 5.16. The van der Waals surface area contributed by atoms with E-state index in [2.05, 4.69) is 29.4 Å². The highest BCUT2D eigenvalue weighted by Gasteiger charge is 2.24. The van der Waals surface area contributed by atoms with Gasteiger partial charge in [-0.3, -0.25) is 4.90 Å². The van der Waals surface area contributed by atoms with Gasteiger partial charge in [-0.25, -0.2) is 4.79 Å². The van der Waals surface area contributed by atoms with E-state index in [1.165, 1.54) is 0 Å². The minimum atomic E-state index is -0.193. The zero-order chi connectivity index (χ0) is 15.9. The molecule has 1 aliphatic rings. The maximum atomic E-state index is 12.0. The molecule has 6 heteroatoms. The number of hydrogen-bond acceptors (Lipinski definition) is 3. The molecule has 1 unspecified atom stereocenters. The monoisotopic (exact) mass is 325 g/mol. The molecular formula is C16H24ClN3O2. The minimum Gasteiger partial charge on any atom is -0.379 e. The molecule has 0 aromatic heterocycles. The van der Waals surface area contributed by atoms with Gasteiger partial charge in [-0.05, 0) is 30.2 Å². The third-order valence-electron chi connectivity index (χ3n) is 3.86. The van der Waals surface area contributed by atoms with E-state index < -0.39 is 0 Å². The molecule has 5 nitrogen and oxygen atoms in total. The summed E-state index contributed by atoms with van der Waals surface area (Å²) >= 11 is 5.83. The Morgan fingerprint density at radius 2 is 1.91 bits per heavy atom. The molecule has 0 radical (unpaired) electrons. The quantitative estimate of drug-likeness (QED) is 0.875. The number of nitrogens with one attached hydrogen (secondary N) is 2. The Morgan fingerprint density at radius 3 is 2.50 bits per heavy atom. The highest BCUT2D eigenvalue weighted by molar-refractivity contribution is 6.30. The lowest BCUT2D eigenvalue weighted by Gasteiger charge is -2.36. The smallest absolute Gasteiger partial charge is 0.319 e. The molecule has 1 saturated heterocycles. The van der Waals surface area contributed by atoms with Gasteiger partial charge in [0.1, 0.15) is 0 Å². The molecule has 2 N–H and O–H groups in total. The Morgan fingerprint density at radius 1 is 1.27 bits per heavy atom. The molecule has 1 atom stereocenters. The molecule has 1 aliphatic heterocycles. The number of ether oxygens (including phenoxy) is 1.